The van der Waals surface area contributed by atoms with E-state index in [4.69, 9.17) is 4.42 Å². The average Bonchev–Trinajstić information content (AvgIpc) is 2.88. The molecule has 2 nitrogen and oxygen atoms in total. The largest absolute Gasteiger partial charge is 0.459 e. The molecule has 2 aromatic rings. The van der Waals surface area contributed by atoms with Crippen LogP contribution in [0.1, 0.15) is 43.2 Å². The van der Waals surface area contributed by atoms with Crippen LogP contribution in [0.4, 0.5) is 0 Å². The van der Waals surface area contributed by atoms with E-state index in [-0.39, 0.29) is 6.04 Å². The van der Waals surface area contributed by atoms with Crippen molar-refractivity contribution in [3.05, 3.63) is 47.2 Å². The normalized spacial score (nSPS) is 12.6. The molecule has 0 amide bonds. The molecule has 2 rings (SSSR count). The number of hydrogen-bond donors (Lipinski definition) is 1. The molecule has 19 heavy (non-hydrogen) atoms. The van der Waals surface area contributed by atoms with Gasteiger partial charge in [0, 0.05) is 5.56 Å². The fraction of sp³-hybridized carbons (Fsp3) is 0.412. The maximum atomic E-state index is 6.00. The van der Waals surface area contributed by atoms with E-state index in [2.05, 4.69) is 63.3 Å². The first-order chi connectivity index (χ1) is 9.11. The van der Waals surface area contributed by atoms with E-state index in [0.29, 0.717) is 0 Å². The average molecular weight is 257 g/mol. The topological polar surface area (TPSA) is 25.2 Å². The van der Waals surface area contributed by atoms with Crippen molar-refractivity contribution in [2.24, 2.45) is 0 Å². The van der Waals surface area contributed by atoms with Crippen molar-refractivity contribution in [1.29, 1.82) is 0 Å². The monoisotopic (exact) mass is 257 g/mol. The minimum absolute atomic E-state index is 0.263. The lowest BCUT2D eigenvalue weighted by Crippen LogP contribution is -2.18. The van der Waals surface area contributed by atoms with Crippen LogP contribution in [0.3, 0.4) is 0 Å². The van der Waals surface area contributed by atoms with Crippen LogP contribution >= 0.6 is 0 Å². The molecular weight excluding hydrogens is 234 g/mol. The zero-order valence-electron chi connectivity index (χ0n) is 12.3. The first kappa shape index (κ1) is 13.9. The van der Waals surface area contributed by atoms with Crippen LogP contribution in [0.25, 0.3) is 11.3 Å². The van der Waals surface area contributed by atoms with Crippen LogP contribution in [0.15, 0.2) is 34.7 Å². The maximum absolute atomic E-state index is 6.00. The van der Waals surface area contributed by atoms with E-state index in [1.165, 1.54) is 16.7 Å². The summed E-state index contributed by atoms with van der Waals surface area (Å²) >= 11 is 0. The smallest absolute Gasteiger partial charge is 0.134 e. The van der Waals surface area contributed by atoms with Crippen molar-refractivity contribution < 1.29 is 4.42 Å². The molecule has 1 aromatic carbocycles. The summed E-state index contributed by atoms with van der Waals surface area (Å²) in [7, 11) is 0. The molecule has 0 radical (unpaired) electrons. The molecule has 102 valence electrons. The molecule has 0 saturated heterocycles. The number of rotatable bonds is 5. The van der Waals surface area contributed by atoms with Crippen LogP contribution in [0, 0.1) is 13.8 Å². The van der Waals surface area contributed by atoms with Crippen LogP contribution in [0.2, 0.25) is 0 Å². The van der Waals surface area contributed by atoms with Gasteiger partial charge in [-0.2, -0.15) is 0 Å². The summed E-state index contributed by atoms with van der Waals surface area (Å²) in [4.78, 5) is 0. The van der Waals surface area contributed by atoms with Gasteiger partial charge in [-0.3, -0.25) is 0 Å². The molecule has 2 heteroatoms. The second-order valence-corrected chi connectivity index (χ2v) is 5.20. The molecule has 0 aliphatic rings. The van der Waals surface area contributed by atoms with E-state index < -0.39 is 0 Å². The van der Waals surface area contributed by atoms with Crippen molar-refractivity contribution in [1.82, 2.24) is 5.32 Å². The van der Waals surface area contributed by atoms with Crippen LogP contribution in [0.5, 0.6) is 0 Å². The Hall–Kier alpha value is -1.54. The molecule has 0 spiro atoms. The number of benzene rings is 1. The number of nitrogens with one attached hydrogen (secondary N) is 1. The molecule has 0 fully saturated rings. The Kier molecular flexibility index (Phi) is 4.43. The Bertz CT molecular complexity index is 542. The summed E-state index contributed by atoms with van der Waals surface area (Å²) < 4.78 is 6.00. The molecule has 1 aromatic heterocycles. The molecule has 1 heterocycles. The van der Waals surface area contributed by atoms with Gasteiger partial charge in [-0.15, -0.1) is 0 Å². The van der Waals surface area contributed by atoms with Gasteiger partial charge in [0.1, 0.15) is 11.5 Å². The Morgan fingerprint density at radius 1 is 1.16 bits per heavy atom. The van der Waals surface area contributed by atoms with Crippen molar-refractivity contribution in [3.8, 4) is 11.3 Å². The Morgan fingerprint density at radius 2 is 1.95 bits per heavy atom. The highest BCUT2D eigenvalue weighted by atomic mass is 16.3. The zero-order valence-corrected chi connectivity index (χ0v) is 12.3. The lowest BCUT2D eigenvalue weighted by molar-refractivity contribution is 0.438. The molecule has 0 bridgehead atoms. The number of aryl methyl sites for hydroxylation is 2. The van der Waals surface area contributed by atoms with Gasteiger partial charge in [0.2, 0.25) is 0 Å². The van der Waals surface area contributed by atoms with Gasteiger partial charge in [0.05, 0.1) is 6.04 Å². The second kappa shape index (κ2) is 6.07. The van der Waals surface area contributed by atoms with Crippen molar-refractivity contribution in [2.45, 2.75) is 40.2 Å². The van der Waals surface area contributed by atoms with Crippen molar-refractivity contribution >= 4 is 0 Å². The quantitative estimate of drug-likeness (QED) is 0.845. The van der Waals surface area contributed by atoms with E-state index in [1.807, 2.05) is 0 Å². The van der Waals surface area contributed by atoms with Gasteiger partial charge in [-0.05, 0) is 57.5 Å². The van der Waals surface area contributed by atoms with Gasteiger partial charge < -0.3 is 9.73 Å². The van der Waals surface area contributed by atoms with E-state index in [9.17, 15) is 0 Å². The fourth-order valence-electron chi connectivity index (χ4n) is 2.19. The molecule has 1 N–H and O–H groups in total. The SMILES string of the molecule is CCCNC(C)c1ccc(-c2cc(C)ccc2C)o1. The third-order valence-electron chi connectivity index (χ3n) is 3.41. The Labute approximate surface area is 115 Å². The first-order valence-electron chi connectivity index (χ1n) is 7.02. The summed E-state index contributed by atoms with van der Waals surface area (Å²) in [6, 6.07) is 10.9. The highest BCUT2D eigenvalue weighted by Crippen LogP contribution is 2.28. The van der Waals surface area contributed by atoms with Crippen LogP contribution in [-0.4, -0.2) is 6.54 Å². The lowest BCUT2D eigenvalue weighted by atomic mass is 10.0. The molecule has 0 saturated carbocycles. The first-order valence-corrected chi connectivity index (χ1v) is 7.02. The molecule has 1 unspecified atom stereocenters. The molecule has 0 aliphatic heterocycles. The fourth-order valence-corrected chi connectivity index (χ4v) is 2.19. The number of hydrogen-bond acceptors (Lipinski definition) is 2. The Balaban J connectivity index is 2.23. The highest BCUT2D eigenvalue weighted by Gasteiger charge is 2.12. The van der Waals surface area contributed by atoms with Gasteiger partial charge in [0.25, 0.3) is 0 Å². The van der Waals surface area contributed by atoms with Crippen molar-refractivity contribution in [2.75, 3.05) is 6.54 Å². The van der Waals surface area contributed by atoms with Gasteiger partial charge in [0.15, 0.2) is 0 Å². The molecule has 0 aliphatic carbocycles. The van der Waals surface area contributed by atoms with Gasteiger partial charge in [-0.1, -0.05) is 24.6 Å². The van der Waals surface area contributed by atoms with Crippen molar-refractivity contribution in [3.63, 3.8) is 0 Å². The van der Waals surface area contributed by atoms with Gasteiger partial charge >= 0.3 is 0 Å². The minimum atomic E-state index is 0.263. The predicted molar refractivity (Wildman–Crippen MR) is 80.3 cm³/mol. The van der Waals surface area contributed by atoms with E-state index in [0.717, 1.165) is 24.5 Å². The third kappa shape index (κ3) is 3.27. The minimum Gasteiger partial charge on any atom is -0.459 e. The van der Waals surface area contributed by atoms with Gasteiger partial charge in [-0.25, -0.2) is 0 Å². The summed E-state index contributed by atoms with van der Waals surface area (Å²) in [5.41, 5.74) is 3.70. The highest BCUT2D eigenvalue weighted by molar-refractivity contribution is 5.63. The standard InChI is InChI=1S/C17H23NO/c1-5-10-18-14(4)16-8-9-17(19-16)15-11-12(2)6-7-13(15)3/h6-9,11,14,18H,5,10H2,1-4H3. The zero-order chi connectivity index (χ0) is 13.8. The summed E-state index contributed by atoms with van der Waals surface area (Å²) in [5.74, 6) is 1.96. The maximum Gasteiger partial charge on any atom is 0.134 e. The molecular formula is C17H23NO. The Morgan fingerprint density at radius 3 is 2.68 bits per heavy atom. The second-order valence-electron chi connectivity index (χ2n) is 5.20. The van der Waals surface area contributed by atoms with E-state index >= 15 is 0 Å². The van der Waals surface area contributed by atoms with Crippen LogP contribution < -0.4 is 5.32 Å². The molecule has 1 atom stereocenters. The number of furan rings is 1. The van der Waals surface area contributed by atoms with E-state index in [1.54, 1.807) is 0 Å². The third-order valence-corrected chi connectivity index (χ3v) is 3.41. The lowest BCUT2D eigenvalue weighted by Gasteiger charge is -2.10. The summed E-state index contributed by atoms with van der Waals surface area (Å²) in [6.07, 6.45) is 1.13. The predicted octanol–water partition coefficient (Wildman–Crippen LogP) is 4.62. The summed E-state index contributed by atoms with van der Waals surface area (Å²) in [6.45, 7) is 9.55. The summed E-state index contributed by atoms with van der Waals surface area (Å²) in [5, 5.41) is 3.45. The van der Waals surface area contributed by atoms with Crippen LogP contribution in [-0.2, 0) is 0 Å².